The Balaban J connectivity index is 1.54. The minimum absolute atomic E-state index is 0.0927. The molecule has 1 amide bonds. The van der Waals surface area contributed by atoms with Gasteiger partial charge in [-0.1, -0.05) is 29.8 Å². The van der Waals surface area contributed by atoms with Crippen LogP contribution >= 0.6 is 23.4 Å². The molecule has 1 aliphatic rings. The predicted octanol–water partition coefficient (Wildman–Crippen LogP) is 6.51. The number of aliphatic imine (C=N–C) groups is 1. The van der Waals surface area contributed by atoms with Gasteiger partial charge in [-0.05, 0) is 54.2 Å². The van der Waals surface area contributed by atoms with Gasteiger partial charge in [-0.3, -0.25) is 4.79 Å². The van der Waals surface area contributed by atoms with Crippen molar-refractivity contribution in [3.63, 3.8) is 0 Å². The number of amidine groups is 1. The van der Waals surface area contributed by atoms with Gasteiger partial charge in [-0.2, -0.15) is 13.2 Å². The summed E-state index contributed by atoms with van der Waals surface area (Å²) in [4.78, 5) is 16.6. The van der Waals surface area contributed by atoms with Crippen LogP contribution in [0.3, 0.4) is 0 Å². The van der Waals surface area contributed by atoms with E-state index >= 15 is 0 Å². The standard InChI is InChI=1S/C21H12ClF3N2O2S/c22-14-5-1-3-12(9-14)17-8-7-16(29-17)11-18-19(28)27-20(30-18)26-15-6-2-4-13(10-15)21(23,24)25/h1-11H,(H,26,27,28)/b18-11+. The molecule has 1 N–H and O–H groups in total. The molecule has 1 aliphatic heterocycles. The highest BCUT2D eigenvalue weighted by molar-refractivity contribution is 8.18. The van der Waals surface area contributed by atoms with Crippen molar-refractivity contribution in [2.75, 3.05) is 0 Å². The molecule has 0 unspecified atom stereocenters. The van der Waals surface area contributed by atoms with Crippen molar-refractivity contribution >= 4 is 46.2 Å². The van der Waals surface area contributed by atoms with Crippen molar-refractivity contribution in [1.29, 1.82) is 0 Å². The van der Waals surface area contributed by atoms with Gasteiger partial charge in [0, 0.05) is 16.7 Å². The molecule has 1 fully saturated rings. The lowest BCUT2D eigenvalue weighted by atomic mass is 10.2. The molecular weight excluding hydrogens is 437 g/mol. The van der Waals surface area contributed by atoms with E-state index in [4.69, 9.17) is 16.0 Å². The van der Waals surface area contributed by atoms with Crippen LogP contribution in [-0.4, -0.2) is 11.1 Å². The molecule has 1 aromatic heterocycles. The summed E-state index contributed by atoms with van der Waals surface area (Å²) in [7, 11) is 0. The molecule has 0 saturated carbocycles. The number of benzene rings is 2. The Morgan fingerprint density at radius 1 is 1.07 bits per heavy atom. The number of hydrogen-bond acceptors (Lipinski definition) is 4. The lowest BCUT2D eigenvalue weighted by Gasteiger charge is -2.06. The smallest absolute Gasteiger partial charge is 0.416 e. The lowest BCUT2D eigenvalue weighted by molar-refractivity contribution is -0.137. The normalized spacial score (nSPS) is 17.0. The number of nitrogens with zero attached hydrogens (tertiary/aromatic N) is 1. The third-order valence-electron chi connectivity index (χ3n) is 4.06. The number of carbonyl (C=O) groups is 1. The Morgan fingerprint density at radius 3 is 2.63 bits per heavy atom. The minimum atomic E-state index is -4.46. The largest absolute Gasteiger partial charge is 0.457 e. The summed E-state index contributed by atoms with van der Waals surface area (Å²) >= 11 is 7.01. The Morgan fingerprint density at radius 2 is 1.87 bits per heavy atom. The monoisotopic (exact) mass is 448 g/mol. The third-order valence-corrected chi connectivity index (χ3v) is 5.21. The molecule has 4 rings (SSSR count). The topological polar surface area (TPSA) is 54.6 Å². The molecule has 0 bridgehead atoms. The fraction of sp³-hybridized carbons (Fsp3) is 0.0476. The average molecular weight is 449 g/mol. The number of amides is 1. The van der Waals surface area contributed by atoms with E-state index in [0.717, 1.165) is 29.5 Å². The second-order valence-electron chi connectivity index (χ2n) is 6.24. The minimum Gasteiger partial charge on any atom is -0.457 e. The second-order valence-corrected chi connectivity index (χ2v) is 7.71. The van der Waals surface area contributed by atoms with Crippen LogP contribution in [-0.2, 0) is 11.0 Å². The first-order chi connectivity index (χ1) is 14.3. The fourth-order valence-corrected chi connectivity index (χ4v) is 3.72. The number of carbonyl (C=O) groups excluding carboxylic acids is 1. The Bertz CT molecular complexity index is 1180. The lowest BCUT2D eigenvalue weighted by Crippen LogP contribution is -2.19. The van der Waals surface area contributed by atoms with E-state index in [1.807, 2.05) is 6.07 Å². The van der Waals surface area contributed by atoms with Gasteiger partial charge in [-0.25, -0.2) is 4.99 Å². The van der Waals surface area contributed by atoms with E-state index in [1.165, 1.54) is 12.1 Å². The maximum Gasteiger partial charge on any atom is 0.416 e. The molecule has 0 radical (unpaired) electrons. The number of alkyl halides is 3. The molecule has 9 heteroatoms. The number of rotatable bonds is 3. The van der Waals surface area contributed by atoms with Gasteiger partial charge >= 0.3 is 6.18 Å². The second kappa shape index (κ2) is 8.04. The molecule has 152 valence electrons. The van der Waals surface area contributed by atoms with Crippen molar-refractivity contribution in [3.8, 4) is 11.3 Å². The van der Waals surface area contributed by atoms with Crippen LogP contribution in [0.25, 0.3) is 17.4 Å². The van der Waals surface area contributed by atoms with Crippen LogP contribution in [0.2, 0.25) is 5.02 Å². The molecule has 30 heavy (non-hydrogen) atoms. The van der Waals surface area contributed by atoms with E-state index in [2.05, 4.69) is 10.3 Å². The number of thioether (sulfide) groups is 1. The molecule has 1 saturated heterocycles. The van der Waals surface area contributed by atoms with Gasteiger partial charge in [0.1, 0.15) is 11.5 Å². The zero-order valence-electron chi connectivity index (χ0n) is 15.0. The van der Waals surface area contributed by atoms with Crippen LogP contribution in [0.5, 0.6) is 0 Å². The van der Waals surface area contributed by atoms with Crippen molar-refractivity contribution in [2.24, 2.45) is 4.99 Å². The van der Waals surface area contributed by atoms with E-state index < -0.39 is 17.6 Å². The molecular formula is C21H12ClF3N2O2S. The number of halogens is 4. The highest BCUT2D eigenvalue weighted by Gasteiger charge is 2.30. The molecule has 2 heterocycles. The number of nitrogens with one attached hydrogen (secondary N) is 1. The van der Waals surface area contributed by atoms with Crippen LogP contribution in [0.1, 0.15) is 11.3 Å². The Labute approximate surface area is 178 Å². The average Bonchev–Trinajstić information content (AvgIpc) is 3.28. The van der Waals surface area contributed by atoms with Gasteiger partial charge in [0.15, 0.2) is 5.17 Å². The maximum absolute atomic E-state index is 12.8. The first kappa shape index (κ1) is 20.3. The Hall–Kier alpha value is -2.97. The van der Waals surface area contributed by atoms with Crippen LogP contribution in [0, 0.1) is 0 Å². The summed E-state index contributed by atoms with van der Waals surface area (Å²) < 4.78 is 44.3. The summed E-state index contributed by atoms with van der Waals surface area (Å²) in [5.74, 6) is 0.625. The summed E-state index contributed by atoms with van der Waals surface area (Å²) in [6, 6.07) is 15.2. The summed E-state index contributed by atoms with van der Waals surface area (Å²) in [5.41, 5.74) is 0.0798. The quantitative estimate of drug-likeness (QED) is 0.465. The molecule has 2 aromatic carbocycles. The zero-order chi connectivity index (χ0) is 21.3. The summed E-state index contributed by atoms with van der Waals surface area (Å²) in [6.45, 7) is 0. The van der Waals surface area contributed by atoms with Crippen molar-refractivity contribution < 1.29 is 22.4 Å². The van der Waals surface area contributed by atoms with Gasteiger partial charge in [-0.15, -0.1) is 0 Å². The highest BCUT2D eigenvalue weighted by atomic mass is 35.5. The number of furan rings is 1. The van der Waals surface area contributed by atoms with Gasteiger partial charge in [0.25, 0.3) is 5.91 Å². The molecule has 0 atom stereocenters. The SMILES string of the molecule is O=C1NC(=Nc2cccc(C(F)(F)F)c2)S/C1=C/c1ccc(-c2cccc(Cl)c2)o1. The first-order valence-corrected chi connectivity index (χ1v) is 9.80. The molecule has 3 aromatic rings. The van der Waals surface area contributed by atoms with Gasteiger partial charge in [0.2, 0.25) is 0 Å². The van der Waals surface area contributed by atoms with E-state index in [0.29, 0.717) is 21.4 Å². The van der Waals surface area contributed by atoms with Crippen LogP contribution in [0.4, 0.5) is 18.9 Å². The number of hydrogen-bond donors (Lipinski definition) is 1. The van der Waals surface area contributed by atoms with Gasteiger partial charge < -0.3 is 9.73 Å². The first-order valence-electron chi connectivity index (χ1n) is 8.60. The fourth-order valence-electron chi connectivity index (χ4n) is 2.71. The van der Waals surface area contributed by atoms with Crippen molar-refractivity contribution in [1.82, 2.24) is 5.32 Å². The van der Waals surface area contributed by atoms with Crippen molar-refractivity contribution in [2.45, 2.75) is 6.18 Å². The summed E-state index contributed by atoms with van der Waals surface area (Å²) in [6.07, 6.45) is -2.92. The third kappa shape index (κ3) is 4.60. The zero-order valence-corrected chi connectivity index (χ0v) is 16.6. The van der Waals surface area contributed by atoms with E-state index in [1.54, 1.807) is 36.4 Å². The molecule has 0 spiro atoms. The Kier molecular flexibility index (Phi) is 5.44. The maximum atomic E-state index is 12.8. The summed E-state index contributed by atoms with van der Waals surface area (Å²) in [5, 5.41) is 3.30. The predicted molar refractivity (Wildman–Crippen MR) is 111 cm³/mol. The van der Waals surface area contributed by atoms with Crippen LogP contribution < -0.4 is 5.32 Å². The van der Waals surface area contributed by atoms with Crippen LogP contribution in [0.15, 0.2) is 75.0 Å². The molecule has 0 aliphatic carbocycles. The van der Waals surface area contributed by atoms with Gasteiger partial charge in [0.05, 0.1) is 16.2 Å². The molecule has 4 nitrogen and oxygen atoms in total. The van der Waals surface area contributed by atoms with E-state index in [9.17, 15) is 18.0 Å². The van der Waals surface area contributed by atoms with E-state index in [-0.39, 0.29) is 10.9 Å². The highest BCUT2D eigenvalue weighted by Crippen LogP contribution is 2.33. The van der Waals surface area contributed by atoms with Crippen molar-refractivity contribution in [3.05, 3.63) is 81.9 Å².